The number of likely N-dealkylation sites (N-methyl/N-ethyl adjacent to an activating group) is 1. The first-order chi connectivity index (χ1) is 31.0. The Morgan fingerprint density at radius 2 is 0.844 bits per heavy atom. The lowest BCUT2D eigenvalue weighted by molar-refractivity contribution is -0.870. The van der Waals surface area contributed by atoms with Gasteiger partial charge in [0.05, 0.1) is 27.7 Å². The molecule has 0 bridgehead atoms. The summed E-state index contributed by atoms with van der Waals surface area (Å²) in [5, 5.41) is 0. The van der Waals surface area contributed by atoms with Gasteiger partial charge in [0.1, 0.15) is 19.8 Å². The van der Waals surface area contributed by atoms with E-state index in [1.54, 1.807) is 0 Å². The molecule has 0 saturated heterocycles. The lowest BCUT2D eigenvalue weighted by atomic mass is 10.0. The Bertz CT molecular complexity index is 1140. The number of hydrogen-bond acceptors (Lipinski definition) is 7. The molecule has 0 aromatic rings. The van der Waals surface area contributed by atoms with Crippen molar-refractivity contribution in [3.8, 4) is 0 Å². The molecule has 0 heterocycles. The van der Waals surface area contributed by atoms with Crippen LogP contribution in [0.1, 0.15) is 258 Å². The van der Waals surface area contributed by atoms with E-state index in [2.05, 4.69) is 38.2 Å². The summed E-state index contributed by atoms with van der Waals surface area (Å²) in [5.74, 6) is -0.789. The minimum atomic E-state index is -4.38. The van der Waals surface area contributed by atoms with Crippen molar-refractivity contribution >= 4 is 19.8 Å². The summed E-state index contributed by atoms with van der Waals surface area (Å²) in [4.78, 5) is 35.6. The Morgan fingerprint density at radius 1 is 0.484 bits per heavy atom. The molecule has 0 saturated carbocycles. The number of carbonyl (C=O) groups is 2. The smallest absolute Gasteiger partial charge is 0.462 e. The summed E-state index contributed by atoms with van der Waals surface area (Å²) in [6, 6.07) is 0. The molecule has 378 valence electrons. The zero-order valence-corrected chi connectivity index (χ0v) is 43.7. The number of ether oxygens (including phenoxy) is 2. The first kappa shape index (κ1) is 62.5. The van der Waals surface area contributed by atoms with Gasteiger partial charge in [-0.2, -0.15) is 0 Å². The van der Waals surface area contributed by atoms with Gasteiger partial charge in [0.15, 0.2) is 6.10 Å². The Balaban J connectivity index is 4.19. The van der Waals surface area contributed by atoms with Gasteiger partial charge in [0.2, 0.25) is 0 Å². The molecule has 10 heteroatoms. The van der Waals surface area contributed by atoms with Crippen LogP contribution in [0.4, 0.5) is 0 Å². The number of unbranched alkanes of at least 4 members (excludes halogenated alkanes) is 32. The second kappa shape index (κ2) is 46.6. The zero-order chi connectivity index (χ0) is 47.1. The molecule has 0 spiro atoms. The number of rotatable bonds is 50. The first-order valence-electron chi connectivity index (χ1n) is 27.1. The van der Waals surface area contributed by atoms with Crippen molar-refractivity contribution in [1.82, 2.24) is 0 Å². The SMILES string of the molecule is CCCCC/C=C\C/C=C\CCCCCCCCCCCC(=O)OC[C@H](COP(=O)(O)OCC[N+](C)(C)C)OC(=O)CCCCCCCCCCCCCCCCCCCCCCC. The quantitative estimate of drug-likeness (QED) is 0.0211. The minimum absolute atomic E-state index is 0.0335. The van der Waals surface area contributed by atoms with Gasteiger partial charge in [0.25, 0.3) is 0 Å². The fourth-order valence-corrected chi connectivity index (χ4v) is 8.49. The maximum atomic E-state index is 12.8. The van der Waals surface area contributed by atoms with Crippen LogP contribution in [0.15, 0.2) is 24.3 Å². The Kier molecular flexibility index (Phi) is 45.5. The van der Waals surface area contributed by atoms with E-state index in [1.807, 2.05) is 21.1 Å². The summed E-state index contributed by atoms with van der Waals surface area (Å²) >= 11 is 0. The zero-order valence-electron chi connectivity index (χ0n) is 42.8. The first-order valence-corrected chi connectivity index (χ1v) is 28.6. The largest absolute Gasteiger partial charge is 0.472 e. The number of esters is 2. The lowest BCUT2D eigenvalue weighted by Crippen LogP contribution is -2.37. The molecule has 0 amide bonds. The molecule has 9 nitrogen and oxygen atoms in total. The third kappa shape index (κ3) is 49.9. The van der Waals surface area contributed by atoms with Crippen LogP contribution in [0.5, 0.6) is 0 Å². The van der Waals surface area contributed by atoms with Crippen molar-refractivity contribution in [3.63, 3.8) is 0 Å². The molecule has 1 unspecified atom stereocenters. The maximum Gasteiger partial charge on any atom is 0.472 e. The van der Waals surface area contributed by atoms with E-state index in [0.29, 0.717) is 17.4 Å². The van der Waals surface area contributed by atoms with Crippen LogP contribution in [0.2, 0.25) is 0 Å². The molecule has 0 aliphatic rings. The number of hydrogen-bond donors (Lipinski definition) is 1. The van der Waals surface area contributed by atoms with Crippen molar-refractivity contribution < 1.29 is 42.1 Å². The summed E-state index contributed by atoms with van der Waals surface area (Å²) in [6.07, 6.45) is 53.7. The second-order valence-electron chi connectivity index (χ2n) is 19.6. The van der Waals surface area contributed by atoms with Crippen molar-refractivity contribution in [2.75, 3.05) is 47.5 Å². The minimum Gasteiger partial charge on any atom is -0.462 e. The monoisotopic (exact) mass is 927 g/mol. The van der Waals surface area contributed by atoms with Gasteiger partial charge in [-0.15, -0.1) is 0 Å². The average Bonchev–Trinajstić information content (AvgIpc) is 3.25. The highest BCUT2D eigenvalue weighted by molar-refractivity contribution is 7.47. The van der Waals surface area contributed by atoms with E-state index >= 15 is 0 Å². The van der Waals surface area contributed by atoms with E-state index in [0.717, 1.165) is 38.5 Å². The molecule has 0 aromatic carbocycles. The van der Waals surface area contributed by atoms with Crippen molar-refractivity contribution in [3.05, 3.63) is 24.3 Å². The van der Waals surface area contributed by atoms with Gasteiger partial charge in [-0.25, -0.2) is 4.57 Å². The molecular formula is C54H105NO8P+. The van der Waals surface area contributed by atoms with E-state index in [1.165, 1.54) is 186 Å². The summed E-state index contributed by atoms with van der Waals surface area (Å²) in [7, 11) is 1.49. The highest BCUT2D eigenvalue weighted by atomic mass is 31.2. The topological polar surface area (TPSA) is 108 Å². The van der Waals surface area contributed by atoms with Crippen LogP contribution in [-0.4, -0.2) is 74.9 Å². The average molecular weight is 927 g/mol. The highest BCUT2D eigenvalue weighted by Crippen LogP contribution is 2.43. The molecular weight excluding hydrogens is 822 g/mol. The molecule has 1 N–H and O–H groups in total. The van der Waals surface area contributed by atoms with Crippen LogP contribution in [0, 0.1) is 0 Å². The van der Waals surface area contributed by atoms with Gasteiger partial charge in [-0.3, -0.25) is 18.6 Å². The molecule has 0 radical (unpaired) electrons. The maximum absolute atomic E-state index is 12.8. The summed E-state index contributed by atoms with van der Waals surface area (Å²) in [6.45, 7) is 4.45. The number of phosphoric ester groups is 1. The lowest BCUT2D eigenvalue weighted by Gasteiger charge is -2.24. The number of nitrogens with zero attached hydrogens (tertiary/aromatic N) is 1. The predicted molar refractivity (Wildman–Crippen MR) is 271 cm³/mol. The van der Waals surface area contributed by atoms with E-state index in [9.17, 15) is 19.0 Å². The van der Waals surface area contributed by atoms with E-state index in [4.69, 9.17) is 18.5 Å². The van der Waals surface area contributed by atoms with Gasteiger partial charge in [0, 0.05) is 12.8 Å². The van der Waals surface area contributed by atoms with Crippen LogP contribution in [-0.2, 0) is 32.7 Å². The Hall–Kier alpha value is -1.51. The van der Waals surface area contributed by atoms with Crippen molar-refractivity contribution in [2.24, 2.45) is 0 Å². The summed E-state index contributed by atoms with van der Waals surface area (Å²) < 4.78 is 34.5. The number of carbonyl (C=O) groups excluding carboxylic acids is 2. The molecule has 2 atom stereocenters. The van der Waals surface area contributed by atoms with Gasteiger partial charge in [-0.05, 0) is 44.9 Å². The van der Waals surface area contributed by atoms with E-state index < -0.39 is 26.5 Å². The number of quaternary nitrogens is 1. The fourth-order valence-electron chi connectivity index (χ4n) is 7.75. The van der Waals surface area contributed by atoms with Gasteiger partial charge >= 0.3 is 19.8 Å². The molecule has 0 aliphatic carbocycles. The fraction of sp³-hybridized carbons (Fsp3) is 0.889. The molecule has 0 rings (SSSR count). The van der Waals surface area contributed by atoms with Crippen LogP contribution in [0.3, 0.4) is 0 Å². The third-order valence-corrected chi connectivity index (χ3v) is 13.0. The Labute approximate surface area is 396 Å². The molecule has 64 heavy (non-hydrogen) atoms. The van der Waals surface area contributed by atoms with Crippen LogP contribution in [0.25, 0.3) is 0 Å². The molecule has 0 aliphatic heterocycles. The normalized spacial score (nSPS) is 13.5. The highest BCUT2D eigenvalue weighted by Gasteiger charge is 2.27. The van der Waals surface area contributed by atoms with Gasteiger partial charge < -0.3 is 18.9 Å². The molecule has 0 fully saturated rings. The van der Waals surface area contributed by atoms with Crippen molar-refractivity contribution in [1.29, 1.82) is 0 Å². The van der Waals surface area contributed by atoms with Gasteiger partial charge in [-0.1, -0.05) is 224 Å². The van der Waals surface area contributed by atoms with Crippen LogP contribution >= 0.6 is 7.82 Å². The Morgan fingerprint density at radius 3 is 1.27 bits per heavy atom. The van der Waals surface area contributed by atoms with Crippen LogP contribution < -0.4 is 0 Å². The van der Waals surface area contributed by atoms with Crippen molar-refractivity contribution in [2.45, 2.75) is 264 Å². The third-order valence-electron chi connectivity index (χ3n) is 12.0. The number of allylic oxidation sites excluding steroid dienone is 4. The summed E-state index contributed by atoms with van der Waals surface area (Å²) in [5.41, 5.74) is 0. The number of phosphoric acid groups is 1. The molecule has 0 aromatic heterocycles. The standard InChI is InChI=1S/C54H104NO8P/c1-6-8-10-12-14-16-18-20-22-24-26-27-29-31-33-35-37-39-41-43-45-47-54(57)63-52(51-62-64(58,59)61-49-48-55(3,4)5)50-60-53(56)46-44-42-40-38-36-34-32-30-28-25-23-21-19-17-15-13-11-9-7-2/h15,17,21,23,52H,6-14,16,18-20,22,24-51H2,1-5H3/p+1/b17-15-,23-21-/t52-/m1/s1. The second-order valence-corrected chi connectivity index (χ2v) is 21.1. The predicted octanol–water partition coefficient (Wildman–Crippen LogP) is 16.3. The van der Waals surface area contributed by atoms with E-state index in [-0.39, 0.29) is 32.0 Å².